The minimum Gasteiger partial charge on any atom is -0.334 e. The number of hydrogen-bond acceptors (Lipinski definition) is 5. The monoisotopic (exact) mass is 338 g/mol. The molecule has 3 rings (SSSR count). The molecule has 0 saturated carbocycles. The molecule has 124 valence electrons. The first-order valence-corrected chi connectivity index (χ1v) is 7.32. The van der Waals surface area contributed by atoms with E-state index in [-0.39, 0.29) is 24.3 Å². The Hall–Kier alpha value is -1.76. The number of rotatable bonds is 3. The topological polar surface area (TPSA) is 54.2 Å². The lowest BCUT2D eigenvalue weighted by Crippen LogP contribution is -2.44. The average Bonchev–Trinajstić information content (AvgIpc) is 3.00. The summed E-state index contributed by atoms with van der Waals surface area (Å²) in [4.78, 5) is 6.71. The van der Waals surface area contributed by atoms with Gasteiger partial charge in [0.15, 0.2) is 5.82 Å². The molecule has 2 aromatic rings. The zero-order chi connectivity index (χ0) is 15.5. The Morgan fingerprint density at radius 2 is 2.13 bits per heavy atom. The van der Waals surface area contributed by atoms with Crippen molar-refractivity contribution in [3.63, 3.8) is 0 Å². The summed E-state index contributed by atoms with van der Waals surface area (Å²) in [5, 5.41) is 7.43. The number of nitrogens with one attached hydrogen (secondary N) is 1. The molecule has 1 atom stereocenters. The van der Waals surface area contributed by atoms with E-state index in [2.05, 4.69) is 27.4 Å². The van der Waals surface area contributed by atoms with Gasteiger partial charge in [0.1, 0.15) is 5.82 Å². The second-order valence-corrected chi connectivity index (χ2v) is 5.54. The Bertz CT molecular complexity index is 671. The Kier molecular flexibility index (Phi) is 5.87. The van der Waals surface area contributed by atoms with Gasteiger partial charge in [0.2, 0.25) is 0 Å². The van der Waals surface area contributed by atoms with E-state index in [1.807, 2.05) is 13.0 Å². The fourth-order valence-corrected chi connectivity index (χ4v) is 2.50. The standard InChI is InChI=1S/C16H19FN4O.ClH/c1-11(9-12-3-5-13(17)6-4-12)16-19-15(20-22-16)14-10-18-7-8-21(14)2;/h3-6,9,14,18H,7-8,10H2,1-2H3;1H/b11-9+;. The fraction of sp³-hybridized carbons (Fsp3) is 0.375. The van der Waals surface area contributed by atoms with Crippen molar-refractivity contribution in [1.29, 1.82) is 0 Å². The van der Waals surface area contributed by atoms with Gasteiger partial charge in [0.25, 0.3) is 5.89 Å². The second-order valence-electron chi connectivity index (χ2n) is 5.54. The summed E-state index contributed by atoms with van der Waals surface area (Å²) in [7, 11) is 2.06. The Morgan fingerprint density at radius 1 is 1.39 bits per heavy atom. The van der Waals surface area contributed by atoms with Crippen LogP contribution < -0.4 is 5.32 Å². The second kappa shape index (κ2) is 7.68. The van der Waals surface area contributed by atoms with E-state index in [4.69, 9.17) is 4.52 Å². The highest BCUT2D eigenvalue weighted by atomic mass is 35.5. The molecule has 1 fully saturated rings. The minimum atomic E-state index is -0.247. The number of halogens is 2. The highest BCUT2D eigenvalue weighted by molar-refractivity contribution is 5.85. The van der Waals surface area contributed by atoms with E-state index in [1.165, 1.54) is 12.1 Å². The lowest BCUT2D eigenvalue weighted by atomic mass is 10.1. The Morgan fingerprint density at radius 3 is 2.83 bits per heavy atom. The van der Waals surface area contributed by atoms with Gasteiger partial charge >= 0.3 is 0 Å². The van der Waals surface area contributed by atoms with E-state index in [0.29, 0.717) is 11.7 Å². The van der Waals surface area contributed by atoms with Crippen LogP contribution in [0.1, 0.15) is 30.2 Å². The Balaban J connectivity index is 0.00000192. The molecule has 7 heteroatoms. The van der Waals surface area contributed by atoms with Crippen molar-refractivity contribution in [3.8, 4) is 0 Å². The first-order chi connectivity index (χ1) is 10.6. The zero-order valence-corrected chi connectivity index (χ0v) is 13.9. The normalized spacial score (nSPS) is 19.4. The van der Waals surface area contributed by atoms with E-state index >= 15 is 0 Å². The number of benzene rings is 1. The lowest BCUT2D eigenvalue weighted by Gasteiger charge is -2.30. The molecule has 1 saturated heterocycles. The molecule has 1 aliphatic heterocycles. The van der Waals surface area contributed by atoms with Gasteiger partial charge in [-0.15, -0.1) is 12.4 Å². The van der Waals surface area contributed by atoms with Crippen molar-refractivity contribution in [2.75, 3.05) is 26.7 Å². The average molecular weight is 339 g/mol. The van der Waals surface area contributed by atoms with E-state index in [1.54, 1.807) is 12.1 Å². The molecule has 2 heterocycles. The Labute approximate surface area is 141 Å². The maximum absolute atomic E-state index is 12.9. The van der Waals surface area contributed by atoms with Crippen LogP contribution in [0.3, 0.4) is 0 Å². The summed E-state index contributed by atoms with van der Waals surface area (Å²) in [5.41, 5.74) is 1.76. The van der Waals surface area contributed by atoms with Crippen LogP contribution in [0, 0.1) is 5.82 Å². The fourth-order valence-electron chi connectivity index (χ4n) is 2.50. The van der Waals surface area contributed by atoms with E-state index in [9.17, 15) is 4.39 Å². The summed E-state index contributed by atoms with van der Waals surface area (Å²) in [5.74, 6) is 0.942. The van der Waals surface area contributed by atoms with Crippen molar-refractivity contribution in [2.24, 2.45) is 0 Å². The van der Waals surface area contributed by atoms with Gasteiger partial charge in [-0.25, -0.2) is 4.39 Å². The first kappa shape index (κ1) is 17.6. The predicted octanol–water partition coefficient (Wildman–Crippen LogP) is 2.77. The molecule has 1 unspecified atom stereocenters. The van der Waals surface area contributed by atoms with Crippen LogP contribution in [0.25, 0.3) is 11.6 Å². The quantitative estimate of drug-likeness (QED) is 0.932. The molecular formula is C16H20ClFN4O. The highest BCUT2D eigenvalue weighted by Crippen LogP contribution is 2.21. The van der Waals surface area contributed by atoms with Crippen molar-refractivity contribution in [3.05, 3.63) is 47.4 Å². The number of hydrogen-bond donors (Lipinski definition) is 1. The number of nitrogens with zero attached hydrogens (tertiary/aromatic N) is 3. The van der Waals surface area contributed by atoms with Gasteiger partial charge in [-0.3, -0.25) is 4.90 Å². The molecular weight excluding hydrogens is 319 g/mol. The summed E-state index contributed by atoms with van der Waals surface area (Å²) >= 11 is 0. The molecule has 1 aromatic carbocycles. The SMILES string of the molecule is C/C(=C\c1ccc(F)cc1)c1nc(C2CNCCN2C)no1.Cl. The van der Waals surface area contributed by atoms with Crippen LogP contribution in [-0.4, -0.2) is 41.7 Å². The van der Waals surface area contributed by atoms with Gasteiger partial charge in [-0.05, 0) is 37.7 Å². The molecule has 0 radical (unpaired) electrons. The number of likely N-dealkylation sites (N-methyl/N-ethyl adjacent to an activating group) is 1. The third-order valence-corrected chi connectivity index (χ3v) is 3.84. The van der Waals surface area contributed by atoms with Crippen LogP contribution in [0.5, 0.6) is 0 Å². The van der Waals surface area contributed by atoms with Gasteiger partial charge in [0, 0.05) is 25.2 Å². The molecule has 1 aliphatic rings. The van der Waals surface area contributed by atoms with Gasteiger partial charge in [0.05, 0.1) is 6.04 Å². The first-order valence-electron chi connectivity index (χ1n) is 7.32. The van der Waals surface area contributed by atoms with Crippen molar-refractivity contribution in [1.82, 2.24) is 20.4 Å². The molecule has 5 nitrogen and oxygen atoms in total. The third kappa shape index (κ3) is 4.16. The van der Waals surface area contributed by atoms with Gasteiger partial charge < -0.3 is 9.84 Å². The molecule has 0 spiro atoms. The summed E-state index contributed by atoms with van der Waals surface area (Å²) < 4.78 is 18.3. The maximum Gasteiger partial charge on any atom is 0.253 e. The largest absolute Gasteiger partial charge is 0.334 e. The zero-order valence-electron chi connectivity index (χ0n) is 13.1. The number of allylic oxidation sites excluding steroid dienone is 1. The molecule has 0 bridgehead atoms. The molecule has 0 aliphatic carbocycles. The van der Waals surface area contributed by atoms with Gasteiger partial charge in [-0.1, -0.05) is 17.3 Å². The van der Waals surface area contributed by atoms with Crippen molar-refractivity contribution >= 4 is 24.1 Å². The van der Waals surface area contributed by atoms with Crippen LogP contribution in [0.15, 0.2) is 28.8 Å². The molecule has 23 heavy (non-hydrogen) atoms. The summed E-state index contributed by atoms with van der Waals surface area (Å²) in [6, 6.07) is 6.43. The van der Waals surface area contributed by atoms with Crippen molar-refractivity contribution < 1.29 is 8.91 Å². The highest BCUT2D eigenvalue weighted by Gasteiger charge is 2.25. The van der Waals surface area contributed by atoms with E-state index in [0.717, 1.165) is 30.8 Å². The molecule has 1 aromatic heterocycles. The smallest absolute Gasteiger partial charge is 0.253 e. The summed E-state index contributed by atoms with van der Waals surface area (Å²) in [6.07, 6.45) is 1.90. The molecule has 1 N–H and O–H groups in total. The number of aromatic nitrogens is 2. The van der Waals surface area contributed by atoms with Gasteiger partial charge in [-0.2, -0.15) is 4.98 Å². The lowest BCUT2D eigenvalue weighted by molar-refractivity contribution is 0.190. The van der Waals surface area contributed by atoms with Crippen LogP contribution in [-0.2, 0) is 0 Å². The third-order valence-electron chi connectivity index (χ3n) is 3.84. The molecule has 0 amide bonds. The van der Waals surface area contributed by atoms with Crippen LogP contribution in [0.2, 0.25) is 0 Å². The van der Waals surface area contributed by atoms with Crippen LogP contribution >= 0.6 is 12.4 Å². The predicted molar refractivity (Wildman–Crippen MR) is 89.7 cm³/mol. The maximum atomic E-state index is 12.9. The van der Waals surface area contributed by atoms with Crippen LogP contribution in [0.4, 0.5) is 4.39 Å². The number of piperazine rings is 1. The van der Waals surface area contributed by atoms with E-state index < -0.39 is 0 Å². The minimum absolute atomic E-state index is 0. The van der Waals surface area contributed by atoms with Crippen molar-refractivity contribution in [2.45, 2.75) is 13.0 Å². The summed E-state index contributed by atoms with van der Waals surface area (Å²) in [6.45, 7) is 4.65.